The molecule has 1 unspecified atom stereocenters. The van der Waals surface area contributed by atoms with Gasteiger partial charge in [0.2, 0.25) is 0 Å². The van der Waals surface area contributed by atoms with Gasteiger partial charge < -0.3 is 14.7 Å². The molecule has 0 radical (unpaired) electrons. The summed E-state index contributed by atoms with van der Waals surface area (Å²) in [7, 11) is 1.52. The summed E-state index contributed by atoms with van der Waals surface area (Å²) in [6.07, 6.45) is 2.89. The van der Waals surface area contributed by atoms with Crippen LogP contribution in [-0.2, 0) is 0 Å². The number of nitrogens with one attached hydrogen (secondary N) is 3. The number of aromatic nitrogens is 4. The van der Waals surface area contributed by atoms with E-state index in [1.165, 1.54) is 13.4 Å². The normalized spacial score (nSPS) is 20.1. The number of piperidine rings is 1. The van der Waals surface area contributed by atoms with Gasteiger partial charge in [-0.3, -0.25) is 19.9 Å². The zero-order valence-electron chi connectivity index (χ0n) is 19.5. The van der Waals surface area contributed by atoms with Gasteiger partial charge in [-0.15, -0.1) is 5.92 Å². The second-order valence-electron chi connectivity index (χ2n) is 8.48. The predicted octanol–water partition coefficient (Wildman–Crippen LogP) is 1.17. The number of ether oxygens (including phenoxy) is 1. The van der Waals surface area contributed by atoms with Gasteiger partial charge in [0.05, 0.1) is 31.6 Å². The molecule has 34 heavy (non-hydrogen) atoms. The first-order valence-electron chi connectivity index (χ1n) is 11.2. The number of carbonyl (C=O) groups excluding carboxylic acids is 1. The zero-order chi connectivity index (χ0) is 24.3. The van der Waals surface area contributed by atoms with Crippen molar-refractivity contribution < 1.29 is 9.53 Å². The Bertz CT molecular complexity index is 1380. The molecule has 10 nitrogen and oxygen atoms in total. The highest BCUT2D eigenvalue weighted by molar-refractivity contribution is 5.99. The number of hydrogen-bond acceptors (Lipinski definition) is 7. The molecule has 3 heterocycles. The molecule has 1 aromatic carbocycles. The van der Waals surface area contributed by atoms with E-state index in [0.717, 1.165) is 17.5 Å². The van der Waals surface area contributed by atoms with E-state index in [0.29, 0.717) is 24.4 Å². The van der Waals surface area contributed by atoms with E-state index in [2.05, 4.69) is 32.1 Å². The summed E-state index contributed by atoms with van der Waals surface area (Å²) in [5, 5.41) is 5.16. The molecule has 1 aliphatic rings. The van der Waals surface area contributed by atoms with Crippen LogP contribution in [-0.4, -0.2) is 57.2 Å². The number of ketones is 1. The molecule has 2 aromatic heterocycles. The first-order valence-corrected chi connectivity index (χ1v) is 11.2. The van der Waals surface area contributed by atoms with E-state index >= 15 is 0 Å². The Morgan fingerprint density at radius 1 is 1.35 bits per heavy atom. The van der Waals surface area contributed by atoms with E-state index in [4.69, 9.17) is 4.74 Å². The predicted molar refractivity (Wildman–Crippen MR) is 129 cm³/mol. The average Bonchev–Trinajstić information content (AvgIpc) is 3.30. The number of imidazole rings is 1. The summed E-state index contributed by atoms with van der Waals surface area (Å²) >= 11 is 0. The number of H-pyrrole nitrogens is 2. The van der Waals surface area contributed by atoms with Crippen LogP contribution in [0.4, 0.5) is 0 Å². The second kappa shape index (κ2) is 9.57. The molecular weight excluding hydrogens is 436 g/mol. The minimum Gasteiger partial charge on any atom is -0.496 e. The van der Waals surface area contributed by atoms with Gasteiger partial charge in [-0.25, -0.2) is 9.78 Å². The maximum absolute atomic E-state index is 13.5. The number of Topliss-reactive ketones (excluding diaryl/α,β-unsaturated/α-hetero) is 1. The first-order chi connectivity index (χ1) is 16.4. The van der Waals surface area contributed by atoms with Crippen molar-refractivity contribution in [2.24, 2.45) is 0 Å². The molecule has 3 aromatic rings. The van der Waals surface area contributed by atoms with Gasteiger partial charge in [-0.2, -0.15) is 4.68 Å². The molecule has 0 aliphatic carbocycles. The fourth-order valence-corrected chi connectivity index (χ4v) is 4.67. The summed E-state index contributed by atoms with van der Waals surface area (Å²) in [6.45, 7) is 4.62. The van der Waals surface area contributed by atoms with Crippen LogP contribution in [0, 0.1) is 11.8 Å². The Kier molecular flexibility index (Phi) is 6.56. The van der Waals surface area contributed by atoms with E-state index in [-0.39, 0.29) is 23.4 Å². The maximum atomic E-state index is 13.5. The van der Waals surface area contributed by atoms with Crippen molar-refractivity contribution in [2.75, 3.05) is 25.2 Å². The number of fused-ring (bicyclic) bond motifs is 1. The van der Waals surface area contributed by atoms with Crippen LogP contribution in [0.2, 0.25) is 0 Å². The van der Waals surface area contributed by atoms with Crippen LogP contribution in [0.15, 0.2) is 40.2 Å². The Morgan fingerprint density at radius 3 is 2.91 bits per heavy atom. The van der Waals surface area contributed by atoms with Crippen LogP contribution < -0.4 is 26.3 Å². The molecule has 0 spiro atoms. The molecule has 1 aliphatic heterocycles. The lowest BCUT2D eigenvalue weighted by atomic mass is 9.80. The summed E-state index contributed by atoms with van der Waals surface area (Å²) in [4.78, 5) is 49.2. The molecule has 0 amide bonds. The fraction of sp³-hybridized carbons (Fsp3) is 0.417. The lowest BCUT2D eigenvalue weighted by Gasteiger charge is -2.49. The number of para-hydroxylation sites is 1. The minimum atomic E-state index is -0.600. The molecule has 10 heteroatoms. The summed E-state index contributed by atoms with van der Waals surface area (Å²) in [5.74, 6) is 6.22. The second-order valence-corrected chi connectivity index (χ2v) is 8.48. The smallest absolute Gasteiger partial charge is 0.349 e. The highest BCUT2D eigenvalue weighted by Gasteiger charge is 2.43. The standard InChI is InChI=1S/C24H28N6O4/c1-4-5-12-27-24(2)11-8-13-29(30-22(32)20-21(26-15-25-20)28-23(30)33)19(24)14-17(31)16-9-6-7-10-18(16)34-3/h6-7,9-10,15,19,27H,8,11-14H2,1-3H3,(H,25,26)(H,28,33)/t19?,24-/m1/s1. The Hall–Kier alpha value is -3.84. The lowest BCUT2D eigenvalue weighted by Crippen LogP contribution is -2.69. The molecule has 4 rings (SSSR count). The third-order valence-corrected chi connectivity index (χ3v) is 6.44. The number of nitrogens with zero attached hydrogens (tertiary/aromatic N) is 3. The number of benzene rings is 1. The first kappa shape index (κ1) is 23.3. The van der Waals surface area contributed by atoms with E-state index in [1.54, 1.807) is 36.2 Å². The molecule has 2 atom stereocenters. The van der Waals surface area contributed by atoms with Crippen molar-refractivity contribution in [3.63, 3.8) is 0 Å². The van der Waals surface area contributed by atoms with Crippen LogP contribution in [0.1, 0.15) is 43.5 Å². The van der Waals surface area contributed by atoms with Gasteiger partial charge in [-0.05, 0) is 38.8 Å². The molecule has 0 saturated carbocycles. The number of hydrogen-bond donors (Lipinski definition) is 3. The fourth-order valence-electron chi connectivity index (χ4n) is 4.67. The quantitative estimate of drug-likeness (QED) is 0.354. The van der Waals surface area contributed by atoms with Gasteiger partial charge in [-0.1, -0.05) is 18.1 Å². The van der Waals surface area contributed by atoms with E-state index in [1.807, 2.05) is 6.92 Å². The van der Waals surface area contributed by atoms with E-state index < -0.39 is 22.8 Å². The molecule has 1 saturated heterocycles. The highest BCUT2D eigenvalue weighted by Crippen LogP contribution is 2.30. The lowest BCUT2D eigenvalue weighted by molar-refractivity contribution is 0.0923. The monoisotopic (exact) mass is 464 g/mol. The molecular formula is C24H28N6O4. The Balaban J connectivity index is 1.80. The molecule has 3 N–H and O–H groups in total. The Labute approximate surface area is 196 Å². The minimum absolute atomic E-state index is 0.0658. The SMILES string of the molecule is CC#CCN[C@]1(C)CCCN(n2c(=O)[nH]c3nc[nH]c3c2=O)C1CC(=O)c1ccccc1OC. The van der Waals surface area contributed by atoms with Crippen LogP contribution in [0.25, 0.3) is 11.2 Å². The number of aromatic amines is 2. The topological polar surface area (TPSA) is 125 Å². The van der Waals surface area contributed by atoms with Crippen LogP contribution in [0.3, 0.4) is 0 Å². The Morgan fingerprint density at radius 2 is 2.15 bits per heavy atom. The van der Waals surface area contributed by atoms with Crippen molar-refractivity contribution in [1.29, 1.82) is 0 Å². The summed E-state index contributed by atoms with van der Waals surface area (Å²) < 4.78 is 6.48. The zero-order valence-corrected chi connectivity index (χ0v) is 19.5. The van der Waals surface area contributed by atoms with Crippen molar-refractivity contribution in [1.82, 2.24) is 24.9 Å². The van der Waals surface area contributed by atoms with Crippen molar-refractivity contribution >= 4 is 16.9 Å². The molecule has 0 bridgehead atoms. The summed E-state index contributed by atoms with van der Waals surface area (Å²) in [6, 6.07) is 6.54. The van der Waals surface area contributed by atoms with Crippen molar-refractivity contribution in [3.05, 3.63) is 57.0 Å². The number of rotatable bonds is 7. The van der Waals surface area contributed by atoms with Crippen molar-refractivity contribution in [2.45, 2.75) is 44.7 Å². The molecule has 1 fully saturated rings. The maximum Gasteiger partial charge on any atom is 0.349 e. The summed E-state index contributed by atoms with van der Waals surface area (Å²) in [5.41, 5.74) is -0.846. The van der Waals surface area contributed by atoms with E-state index in [9.17, 15) is 14.4 Å². The van der Waals surface area contributed by atoms with Crippen LogP contribution >= 0.6 is 0 Å². The van der Waals surface area contributed by atoms with Gasteiger partial charge in [0.25, 0.3) is 0 Å². The highest BCUT2D eigenvalue weighted by atomic mass is 16.5. The van der Waals surface area contributed by atoms with Gasteiger partial charge in [0, 0.05) is 18.5 Å². The largest absolute Gasteiger partial charge is 0.496 e. The third-order valence-electron chi connectivity index (χ3n) is 6.44. The van der Waals surface area contributed by atoms with Gasteiger partial charge in [0.1, 0.15) is 5.75 Å². The number of carbonyl (C=O) groups is 1. The third kappa shape index (κ3) is 4.22. The van der Waals surface area contributed by atoms with Gasteiger partial charge >= 0.3 is 11.2 Å². The van der Waals surface area contributed by atoms with Crippen molar-refractivity contribution in [3.8, 4) is 17.6 Å². The molecule has 178 valence electrons. The average molecular weight is 465 g/mol. The van der Waals surface area contributed by atoms with Crippen LogP contribution in [0.5, 0.6) is 5.75 Å². The van der Waals surface area contributed by atoms with Gasteiger partial charge in [0.15, 0.2) is 16.9 Å². The number of methoxy groups -OCH3 is 1.